The third-order valence-corrected chi connectivity index (χ3v) is 3.88. The van der Waals surface area contributed by atoms with Crippen LogP contribution in [-0.2, 0) is 0 Å². The van der Waals surface area contributed by atoms with E-state index in [1.54, 1.807) is 11.5 Å². The number of alkyl halides is 3. The fraction of sp³-hybridized carbons (Fsp3) is 0.615. The first-order chi connectivity index (χ1) is 9.70. The number of nitrogens with zero attached hydrogens (tertiary/aromatic N) is 2. The molecule has 1 aromatic rings. The van der Waals surface area contributed by atoms with Gasteiger partial charge in [0.2, 0.25) is 0 Å². The molecule has 0 radical (unpaired) electrons. The molecule has 3 atom stereocenters. The standard InChI is InChI=1S/C13H17F3N4O/c1-6-3-8(11(18)13(15,16)5-14)10(17)9-4-19-12(7(2)21)20(6)9/h4,6,8,10,18H,3,5,17H2,1-2H3. The lowest BCUT2D eigenvalue weighted by Gasteiger charge is -2.36. The minimum atomic E-state index is -3.81. The van der Waals surface area contributed by atoms with Gasteiger partial charge >= 0.3 is 5.92 Å². The number of Topliss-reactive ketones (excluding diaryl/α,β-unsaturated/α-hetero) is 1. The van der Waals surface area contributed by atoms with E-state index in [1.807, 2.05) is 0 Å². The van der Waals surface area contributed by atoms with E-state index < -0.39 is 30.3 Å². The van der Waals surface area contributed by atoms with Crippen LogP contribution in [0.25, 0.3) is 0 Å². The monoisotopic (exact) mass is 302 g/mol. The minimum Gasteiger partial charge on any atom is -0.322 e. The van der Waals surface area contributed by atoms with E-state index in [0.29, 0.717) is 5.69 Å². The summed E-state index contributed by atoms with van der Waals surface area (Å²) in [6.45, 7) is 1.18. The maximum Gasteiger partial charge on any atom is 0.313 e. The van der Waals surface area contributed by atoms with Crippen LogP contribution in [0.5, 0.6) is 0 Å². The number of hydrogen-bond acceptors (Lipinski definition) is 4. The number of hydrogen-bond donors (Lipinski definition) is 2. The van der Waals surface area contributed by atoms with Gasteiger partial charge in [0.05, 0.1) is 23.6 Å². The number of carbonyl (C=O) groups excluding carboxylic acids is 1. The van der Waals surface area contributed by atoms with Gasteiger partial charge < -0.3 is 15.7 Å². The molecule has 21 heavy (non-hydrogen) atoms. The van der Waals surface area contributed by atoms with E-state index in [-0.39, 0.29) is 24.1 Å². The lowest BCUT2D eigenvalue weighted by molar-refractivity contribution is 0.0398. The molecule has 3 unspecified atom stereocenters. The number of halogens is 3. The molecule has 0 saturated heterocycles. The molecule has 116 valence electrons. The van der Waals surface area contributed by atoms with Crippen molar-refractivity contribution in [2.45, 2.75) is 38.3 Å². The quantitative estimate of drug-likeness (QED) is 0.661. The molecule has 8 heteroatoms. The van der Waals surface area contributed by atoms with Crippen LogP contribution in [-0.4, -0.2) is 33.6 Å². The van der Waals surface area contributed by atoms with E-state index >= 15 is 0 Å². The highest BCUT2D eigenvalue weighted by Gasteiger charge is 2.45. The molecule has 2 heterocycles. The van der Waals surface area contributed by atoms with E-state index in [9.17, 15) is 18.0 Å². The predicted molar refractivity (Wildman–Crippen MR) is 70.6 cm³/mol. The van der Waals surface area contributed by atoms with E-state index in [4.69, 9.17) is 11.1 Å². The molecule has 0 spiro atoms. The lowest BCUT2D eigenvalue weighted by atomic mass is 9.82. The minimum absolute atomic E-state index is 0.138. The second-order valence-corrected chi connectivity index (χ2v) is 5.40. The summed E-state index contributed by atoms with van der Waals surface area (Å²) in [4.78, 5) is 15.5. The van der Waals surface area contributed by atoms with Gasteiger partial charge in [0, 0.05) is 18.9 Å². The Morgan fingerprint density at radius 1 is 1.62 bits per heavy atom. The highest BCUT2D eigenvalue weighted by atomic mass is 19.3. The number of ketones is 1. The Bertz CT molecular complexity index is 584. The summed E-state index contributed by atoms with van der Waals surface area (Å²) in [7, 11) is 0. The SMILES string of the molecule is CC(=O)c1ncc2n1C(C)CC(C(=N)C(F)(F)CF)C2N. The van der Waals surface area contributed by atoms with E-state index in [2.05, 4.69) is 4.98 Å². The van der Waals surface area contributed by atoms with Gasteiger partial charge in [-0.1, -0.05) is 0 Å². The fourth-order valence-electron chi connectivity index (χ4n) is 2.81. The molecular weight excluding hydrogens is 285 g/mol. The average Bonchev–Trinajstić information content (AvgIpc) is 2.87. The summed E-state index contributed by atoms with van der Waals surface area (Å²) in [5.41, 5.74) is 5.37. The molecule has 0 aliphatic carbocycles. The Labute approximate surface area is 119 Å². The van der Waals surface area contributed by atoms with Crippen LogP contribution in [0.15, 0.2) is 6.20 Å². The first-order valence-electron chi connectivity index (χ1n) is 6.57. The predicted octanol–water partition coefficient (Wildman–Crippen LogP) is 2.29. The highest BCUT2D eigenvalue weighted by molar-refractivity contribution is 5.92. The summed E-state index contributed by atoms with van der Waals surface area (Å²) in [5.74, 6) is -4.82. The summed E-state index contributed by atoms with van der Waals surface area (Å²) in [6, 6.07) is -1.23. The van der Waals surface area contributed by atoms with Crippen molar-refractivity contribution >= 4 is 11.5 Å². The van der Waals surface area contributed by atoms with Crippen molar-refractivity contribution in [3.05, 3.63) is 17.7 Å². The van der Waals surface area contributed by atoms with Crippen LogP contribution in [0, 0.1) is 11.3 Å². The van der Waals surface area contributed by atoms with Gasteiger partial charge in [-0.25, -0.2) is 9.37 Å². The van der Waals surface area contributed by atoms with Gasteiger partial charge in [0.15, 0.2) is 18.3 Å². The number of nitrogens with one attached hydrogen (secondary N) is 1. The second-order valence-electron chi connectivity index (χ2n) is 5.40. The summed E-state index contributed by atoms with van der Waals surface area (Å²) in [6.07, 6.45) is 1.50. The van der Waals surface area contributed by atoms with Crippen LogP contribution >= 0.6 is 0 Å². The maximum absolute atomic E-state index is 13.4. The van der Waals surface area contributed by atoms with Crippen molar-refractivity contribution in [3.8, 4) is 0 Å². The number of fused-ring (bicyclic) bond motifs is 1. The molecule has 1 aliphatic rings. The average molecular weight is 302 g/mol. The van der Waals surface area contributed by atoms with Crippen LogP contribution in [0.4, 0.5) is 13.2 Å². The van der Waals surface area contributed by atoms with Crippen LogP contribution in [0.1, 0.15) is 48.7 Å². The Morgan fingerprint density at radius 3 is 2.76 bits per heavy atom. The summed E-state index contributed by atoms with van der Waals surface area (Å²) < 4.78 is 40.8. The number of carbonyl (C=O) groups is 1. The Balaban J connectivity index is 2.40. The van der Waals surface area contributed by atoms with Crippen molar-refractivity contribution in [1.29, 1.82) is 5.41 Å². The molecule has 0 saturated carbocycles. The number of imidazole rings is 1. The van der Waals surface area contributed by atoms with Crippen molar-refractivity contribution in [2.24, 2.45) is 11.7 Å². The number of nitrogens with two attached hydrogens (primary N) is 1. The van der Waals surface area contributed by atoms with Gasteiger partial charge in [-0.2, -0.15) is 8.78 Å². The first-order valence-corrected chi connectivity index (χ1v) is 6.57. The third-order valence-electron chi connectivity index (χ3n) is 3.88. The molecule has 0 fully saturated rings. The molecular formula is C13H17F3N4O. The normalized spacial score (nSPS) is 25.5. The third kappa shape index (κ3) is 2.48. The van der Waals surface area contributed by atoms with Gasteiger partial charge in [-0.05, 0) is 13.3 Å². The lowest BCUT2D eigenvalue weighted by Crippen LogP contribution is -2.44. The zero-order valence-electron chi connectivity index (χ0n) is 11.7. The number of rotatable bonds is 4. The summed E-state index contributed by atoms with van der Waals surface area (Å²) in [5, 5.41) is 7.57. The van der Waals surface area contributed by atoms with Gasteiger partial charge in [-0.3, -0.25) is 4.79 Å². The van der Waals surface area contributed by atoms with Crippen molar-refractivity contribution < 1.29 is 18.0 Å². The first kappa shape index (κ1) is 15.7. The molecule has 3 N–H and O–H groups in total. The Hall–Kier alpha value is -1.70. The smallest absolute Gasteiger partial charge is 0.313 e. The van der Waals surface area contributed by atoms with Crippen LogP contribution in [0.3, 0.4) is 0 Å². The molecule has 1 aliphatic heterocycles. The Morgan fingerprint density at radius 2 is 2.24 bits per heavy atom. The van der Waals surface area contributed by atoms with Crippen molar-refractivity contribution in [3.63, 3.8) is 0 Å². The van der Waals surface area contributed by atoms with Crippen molar-refractivity contribution in [1.82, 2.24) is 9.55 Å². The molecule has 1 aromatic heterocycles. The molecule has 0 aromatic carbocycles. The highest BCUT2D eigenvalue weighted by Crippen LogP contribution is 2.39. The topological polar surface area (TPSA) is 84.8 Å². The van der Waals surface area contributed by atoms with Gasteiger partial charge in [0.25, 0.3) is 0 Å². The molecule has 0 bridgehead atoms. The Kier molecular flexibility index (Phi) is 3.92. The van der Waals surface area contributed by atoms with Crippen LogP contribution < -0.4 is 5.73 Å². The second kappa shape index (κ2) is 5.25. The number of aromatic nitrogens is 2. The maximum atomic E-state index is 13.4. The van der Waals surface area contributed by atoms with E-state index in [1.165, 1.54) is 13.1 Å². The zero-order valence-corrected chi connectivity index (χ0v) is 11.7. The largest absolute Gasteiger partial charge is 0.322 e. The summed E-state index contributed by atoms with van der Waals surface area (Å²) >= 11 is 0. The van der Waals surface area contributed by atoms with Gasteiger partial charge in [-0.15, -0.1) is 0 Å². The van der Waals surface area contributed by atoms with Crippen molar-refractivity contribution in [2.75, 3.05) is 6.67 Å². The zero-order chi connectivity index (χ0) is 15.9. The molecule has 2 rings (SSSR count). The van der Waals surface area contributed by atoms with Gasteiger partial charge in [0.1, 0.15) is 0 Å². The fourth-order valence-corrected chi connectivity index (χ4v) is 2.81. The van der Waals surface area contributed by atoms with E-state index in [0.717, 1.165) is 0 Å². The molecule has 0 amide bonds. The molecule has 5 nitrogen and oxygen atoms in total. The van der Waals surface area contributed by atoms with Crippen LogP contribution in [0.2, 0.25) is 0 Å².